The molecular formula is C19H31BrO2Si. The molecule has 0 spiro atoms. The molecule has 0 fully saturated rings. The molecule has 0 heterocycles. The van der Waals surface area contributed by atoms with Gasteiger partial charge in [-0.3, -0.25) is 0 Å². The van der Waals surface area contributed by atoms with Crippen LogP contribution in [0.2, 0.25) is 16.6 Å². The maximum atomic E-state index is 10.3. The minimum Gasteiger partial charge on any atom is -0.548 e. The molecule has 1 N–H and O–H groups in total. The molecule has 130 valence electrons. The first-order valence-electron chi connectivity index (χ1n) is 8.48. The lowest BCUT2D eigenvalue weighted by Crippen LogP contribution is -2.46. The van der Waals surface area contributed by atoms with E-state index in [4.69, 9.17) is 4.43 Å². The Morgan fingerprint density at radius 3 is 1.91 bits per heavy atom. The van der Waals surface area contributed by atoms with Gasteiger partial charge in [-0.1, -0.05) is 69.6 Å². The number of rotatable bonds is 8. The zero-order valence-corrected chi connectivity index (χ0v) is 17.8. The molecule has 0 unspecified atom stereocenters. The van der Waals surface area contributed by atoms with Crippen LogP contribution in [-0.2, 0) is 4.43 Å². The van der Waals surface area contributed by atoms with Gasteiger partial charge >= 0.3 is 0 Å². The predicted molar refractivity (Wildman–Crippen MR) is 105 cm³/mol. The molecule has 0 saturated carbocycles. The fourth-order valence-corrected chi connectivity index (χ4v) is 8.99. The lowest BCUT2D eigenvalue weighted by Gasteiger charge is -2.41. The van der Waals surface area contributed by atoms with E-state index in [9.17, 15) is 5.11 Å². The van der Waals surface area contributed by atoms with Gasteiger partial charge in [0.25, 0.3) is 8.32 Å². The van der Waals surface area contributed by atoms with E-state index in [0.29, 0.717) is 23.0 Å². The Bertz CT molecular complexity index is 473. The summed E-state index contributed by atoms with van der Waals surface area (Å²) < 4.78 is 7.38. The molecule has 1 aromatic carbocycles. The van der Waals surface area contributed by atoms with E-state index in [1.54, 1.807) is 0 Å². The minimum absolute atomic E-state index is 0.490. The minimum atomic E-state index is -1.86. The second-order valence-corrected chi connectivity index (χ2v) is 13.4. The lowest BCUT2D eigenvalue weighted by molar-refractivity contribution is 0.180. The molecule has 1 rings (SSSR count). The molecule has 0 amide bonds. The third-order valence-corrected chi connectivity index (χ3v) is 11.2. The summed E-state index contributed by atoms with van der Waals surface area (Å²) >= 11 is 3.41. The predicted octanol–water partition coefficient (Wildman–Crippen LogP) is 6.58. The SMILES string of the molecule is CC(C)[Si](O/C=C\C[C@H](O)c1ccc(Br)cc1)(C(C)C)C(C)C. The van der Waals surface area contributed by atoms with Gasteiger partial charge in [0.05, 0.1) is 12.4 Å². The summed E-state index contributed by atoms with van der Waals surface area (Å²) in [6, 6.07) is 7.79. The van der Waals surface area contributed by atoms with E-state index in [1.165, 1.54) is 0 Å². The molecule has 4 heteroatoms. The van der Waals surface area contributed by atoms with E-state index in [-0.39, 0.29) is 0 Å². The number of aliphatic hydroxyl groups is 1. The molecule has 2 nitrogen and oxygen atoms in total. The average molecular weight is 399 g/mol. The molecule has 0 saturated heterocycles. The summed E-state index contributed by atoms with van der Waals surface area (Å²) in [5.74, 6) is 0. The van der Waals surface area contributed by atoms with Gasteiger partial charge in [-0.05, 0) is 46.8 Å². The first-order valence-corrected chi connectivity index (χ1v) is 11.4. The van der Waals surface area contributed by atoms with E-state index in [0.717, 1.165) is 10.0 Å². The number of aliphatic hydroxyl groups excluding tert-OH is 1. The van der Waals surface area contributed by atoms with Crippen molar-refractivity contribution in [3.63, 3.8) is 0 Å². The van der Waals surface area contributed by atoms with Crippen LogP contribution in [0.3, 0.4) is 0 Å². The van der Waals surface area contributed by atoms with Crippen molar-refractivity contribution in [2.24, 2.45) is 0 Å². The molecule has 23 heavy (non-hydrogen) atoms. The Morgan fingerprint density at radius 1 is 1.00 bits per heavy atom. The summed E-state index contributed by atoms with van der Waals surface area (Å²) in [6.07, 6.45) is 3.88. The standard InChI is InChI=1S/C19H31BrO2Si/c1-14(2)23(15(3)4,16(5)6)22-13-7-8-19(21)17-9-11-18(20)12-10-17/h7,9-16,19,21H,8H2,1-6H3/b13-7-/t19-/m0/s1. The van der Waals surface area contributed by atoms with Crippen LogP contribution in [0, 0.1) is 0 Å². The molecule has 0 aliphatic carbocycles. The van der Waals surface area contributed by atoms with Gasteiger partial charge in [0.15, 0.2) is 0 Å². The molecule has 0 aliphatic rings. The van der Waals surface area contributed by atoms with Crippen molar-refractivity contribution < 1.29 is 9.53 Å². The first kappa shape index (κ1) is 20.5. The Kier molecular flexibility index (Phi) is 8.05. The number of hydrogen-bond acceptors (Lipinski definition) is 2. The smallest absolute Gasteiger partial charge is 0.257 e. The maximum Gasteiger partial charge on any atom is 0.257 e. The van der Waals surface area contributed by atoms with Crippen LogP contribution in [0.15, 0.2) is 41.1 Å². The highest BCUT2D eigenvalue weighted by molar-refractivity contribution is 9.10. The van der Waals surface area contributed by atoms with Gasteiger partial charge in [-0.25, -0.2) is 0 Å². The zero-order valence-electron chi connectivity index (χ0n) is 15.2. The topological polar surface area (TPSA) is 29.5 Å². The summed E-state index contributed by atoms with van der Waals surface area (Å²) in [6.45, 7) is 13.6. The fraction of sp³-hybridized carbons (Fsp3) is 0.579. The Balaban J connectivity index is 2.71. The van der Waals surface area contributed by atoms with E-state index >= 15 is 0 Å². The van der Waals surface area contributed by atoms with Crippen molar-refractivity contribution in [3.05, 3.63) is 46.6 Å². The fourth-order valence-electron chi connectivity index (χ4n) is 3.58. The normalized spacial score (nSPS) is 14.2. The number of benzene rings is 1. The van der Waals surface area contributed by atoms with E-state index < -0.39 is 14.4 Å². The second-order valence-electron chi connectivity index (χ2n) is 7.11. The van der Waals surface area contributed by atoms with Crippen LogP contribution in [0.25, 0.3) is 0 Å². The monoisotopic (exact) mass is 398 g/mol. The molecule has 0 radical (unpaired) electrons. The van der Waals surface area contributed by atoms with E-state index in [2.05, 4.69) is 57.5 Å². The number of hydrogen-bond donors (Lipinski definition) is 1. The van der Waals surface area contributed by atoms with Crippen molar-refractivity contribution in [3.8, 4) is 0 Å². The highest BCUT2D eigenvalue weighted by Gasteiger charge is 2.46. The van der Waals surface area contributed by atoms with Crippen LogP contribution in [0.1, 0.15) is 59.6 Å². The number of halogens is 1. The lowest BCUT2D eigenvalue weighted by atomic mass is 10.1. The van der Waals surface area contributed by atoms with Crippen molar-refractivity contribution in [1.82, 2.24) is 0 Å². The van der Waals surface area contributed by atoms with Crippen molar-refractivity contribution in [2.75, 3.05) is 0 Å². The average Bonchev–Trinajstić information content (AvgIpc) is 2.46. The Morgan fingerprint density at radius 2 is 1.48 bits per heavy atom. The van der Waals surface area contributed by atoms with Gasteiger partial charge in [0.2, 0.25) is 0 Å². The van der Waals surface area contributed by atoms with Crippen LogP contribution in [0.4, 0.5) is 0 Å². The van der Waals surface area contributed by atoms with Gasteiger partial charge < -0.3 is 9.53 Å². The molecule has 1 atom stereocenters. The molecule has 0 bridgehead atoms. The first-order chi connectivity index (χ1) is 10.7. The zero-order chi connectivity index (χ0) is 17.6. The van der Waals surface area contributed by atoms with Gasteiger partial charge in [0.1, 0.15) is 0 Å². The highest BCUT2D eigenvalue weighted by Crippen LogP contribution is 2.42. The van der Waals surface area contributed by atoms with Crippen LogP contribution in [0.5, 0.6) is 0 Å². The Labute approximate surface area is 151 Å². The Hall–Kier alpha value is -0.583. The van der Waals surface area contributed by atoms with Crippen molar-refractivity contribution >= 4 is 24.2 Å². The third kappa shape index (κ3) is 5.20. The van der Waals surface area contributed by atoms with Crippen LogP contribution in [-0.4, -0.2) is 13.4 Å². The quantitative estimate of drug-likeness (QED) is 0.395. The van der Waals surface area contributed by atoms with Gasteiger partial charge in [-0.2, -0.15) is 0 Å². The third-order valence-electron chi connectivity index (χ3n) is 4.69. The molecule has 0 aliphatic heterocycles. The molecule has 0 aromatic heterocycles. The molecule has 1 aromatic rings. The summed E-state index contributed by atoms with van der Waals surface area (Å²) in [7, 11) is -1.86. The van der Waals surface area contributed by atoms with Crippen LogP contribution < -0.4 is 0 Å². The molecular weight excluding hydrogens is 368 g/mol. The van der Waals surface area contributed by atoms with Gasteiger partial charge in [-0.15, -0.1) is 0 Å². The van der Waals surface area contributed by atoms with Crippen LogP contribution >= 0.6 is 15.9 Å². The van der Waals surface area contributed by atoms with Crippen molar-refractivity contribution in [2.45, 2.75) is 70.7 Å². The largest absolute Gasteiger partial charge is 0.548 e. The summed E-state index contributed by atoms with van der Waals surface area (Å²) in [5, 5.41) is 10.3. The second kappa shape index (κ2) is 9.05. The summed E-state index contributed by atoms with van der Waals surface area (Å²) in [4.78, 5) is 0. The van der Waals surface area contributed by atoms with Gasteiger partial charge in [0, 0.05) is 4.47 Å². The van der Waals surface area contributed by atoms with Crippen molar-refractivity contribution in [1.29, 1.82) is 0 Å². The highest BCUT2D eigenvalue weighted by atomic mass is 79.9. The van der Waals surface area contributed by atoms with E-state index in [1.807, 2.05) is 36.6 Å². The summed E-state index contributed by atoms with van der Waals surface area (Å²) in [5.41, 5.74) is 2.61. The maximum absolute atomic E-state index is 10.3.